The van der Waals surface area contributed by atoms with Crippen LogP contribution in [0.1, 0.15) is 28.4 Å². The van der Waals surface area contributed by atoms with Gasteiger partial charge in [0.2, 0.25) is 0 Å². The highest BCUT2D eigenvalue weighted by atomic mass is 16.5. The van der Waals surface area contributed by atoms with Crippen molar-refractivity contribution < 1.29 is 9.53 Å². The maximum atomic E-state index is 11.9. The molecule has 108 valence electrons. The van der Waals surface area contributed by atoms with Crippen LogP contribution in [0.2, 0.25) is 0 Å². The number of benzene rings is 2. The molecule has 0 saturated heterocycles. The van der Waals surface area contributed by atoms with Gasteiger partial charge in [-0.15, -0.1) is 0 Å². The first-order valence-corrected chi connectivity index (χ1v) is 6.82. The maximum absolute atomic E-state index is 11.9. The van der Waals surface area contributed by atoms with Gasteiger partial charge in [0, 0.05) is 5.56 Å². The molecule has 0 atom stereocenters. The van der Waals surface area contributed by atoms with E-state index in [0.717, 1.165) is 16.9 Å². The van der Waals surface area contributed by atoms with Crippen molar-refractivity contribution in [2.75, 3.05) is 6.61 Å². The Labute approximate surface area is 124 Å². The number of nitrogens with one attached hydrogen (secondary N) is 1. The van der Waals surface area contributed by atoms with E-state index in [9.17, 15) is 4.79 Å². The van der Waals surface area contributed by atoms with Crippen LogP contribution in [0.4, 0.5) is 0 Å². The Kier molecular flexibility index (Phi) is 5.10. The SMILES string of the molecule is CCOc1cccc(/C=N/NC(=O)c2cccc(C)c2)c1. The Morgan fingerprint density at radius 1 is 1.24 bits per heavy atom. The van der Waals surface area contributed by atoms with E-state index in [4.69, 9.17) is 4.74 Å². The smallest absolute Gasteiger partial charge is 0.271 e. The third kappa shape index (κ3) is 4.45. The highest BCUT2D eigenvalue weighted by Crippen LogP contribution is 2.11. The largest absolute Gasteiger partial charge is 0.494 e. The minimum atomic E-state index is -0.226. The normalized spacial score (nSPS) is 10.6. The van der Waals surface area contributed by atoms with Gasteiger partial charge in [-0.2, -0.15) is 5.10 Å². The van der Waals surface area contributed by atoms with Gasteiger partial charge in [-0.1, -0.05) is 29.8 Å². The Morgan fingerprint density at radius 3 is 2.81 bits per heavy atom. The van der Waals surface area contributed by atoms with Gasteiger partial charge in [0.25, 0.3) is 5.91 Å². The first-order chi connectivity index (χ1) is 10.2. The summed E-state index contributed by atoms with van der Waals surface area (Å²) in [6.45, 7) is 4.49. The summed E-state index contributed by atoms with van der Waals surface area (Å²) >= 11 is 0. The van der Waals surface area contributed by atoms with Crippen molar-refractivity contribution in [1.29, 1.82) is 0 Å². The van der Waals surface area contributed by atoms with E-state index in [1.54, 1.807) is 12.3 Å². The van der Waals surface area contributed by atoms with Crippen molar-refractivity contribution in [3.63, 3.8) is 0 Å². The highest BCUT2D eigenvalue weighted by Gasteiger charge is 2.03. The lowest BCUT2D eigenvalue weighted by atomic mass is 10.1. The molecule has 0 spiro atoms. The lowest BCUT2D eigenvalue weighted by Crippen LogP contribution is -2.17. The van der Waals surface area contributed by atoms with Gasteiger partial charge < -0.3 is 4.74 Å². The van der Waals surface area contributed by atoms with Crippen LogP contribution in [-0.2, 0) is 0 Å². The molecule has 21 heavy (non-hydrogen) atoms. The van der Waals surface area contributed by atoms with Crippen molar-refractivity contribution in [3.05, 3.63) is 65.2 Å². The van der Waals surface area contributed by atoms with E-state index in [2.05, 4.69) is 10.5 Å². The van der Waals surface area contributed by atoms with E-state index in [1.807, 2.05) is 56.3 Å². The average Bonchev–Trinajstić information content (AvgIpc) is 2.48. The Balaban J connectivity index is 1.99. The number of aryl methyl sites for hydroxylation is 1. The molecule has 2 aromatic carbocycles. The van der Waals surface area contributed by atoms with E-state index < -0.39 is 0 Å². The second-order valence-electron chi connectivity index (χ2n) is 4.57. The maximum Gasteiger partial charge on any atom is 0.271 e. The molecule has 0 aromatic heterocycles. The van der Waals surface area contributed by atoms with Gasteiger partial charge in [0.05, 0.1) is 12.8 Å². The molecule has 0 radical (unpaired) electrons. The summed E-state index contributed by atoms with van der Waals surface area (Å²) < 4.78 is 5.41. The molecule has 0 aliphatic heterocycles. The monoisotopic (exact) mass is 282 g/mol. The molecule has 0 aliphatic carbocycles. The van der Waals surface area contributed by atoms with Gasteiger partial charge in [0.1, 0.15) is 5.75 Å². The minimum absolute atomic E-state index is 0.226. The van der Waals surface area contributed by atoms with Gasteiger partial charge in [-0.05, 0) is 43.7 Å². The van der Waals surface area contributed by atoms with Crippen LogP contribution in [0.5, 0.6) is 5.75 Å². The minimum Gasteiger partial charge on any atom is -0.494 e. The number of hydrazone groups is 1. The molecule has 2 aromatic rings. The van der Waals surface area contributed by atoms with Crippen molar-refractivity contribution in [2.24, 2.45) is 5.10 Å². The van der Waals surface area contributed by atoms with Gasteiger partial charge in [-0.25, -0.2) is 5.43 Å². The molecule has 0 fully saturated rings. The fourth-order valence-electron chi connectivity index (χ4n) is 1.87. The van der Waals surface area contributed by atoms with E-state index in [1.165, 1.54) is 0 Å². The molecule has 0 saturated carbocycles. The van der Waals surface area contributed by atoms with Crippen molar-refractivity contribution in [3.8, 4) is 5.75 Å². The molecule has 0 bridgehead atoms. The second-order valence-corrected chi connectivity index (χ2v) is 4.57. The number of hydrogen-bond donors (Lipinski definition) is 1. The number of carbonyl (C=O) groups excluding carboxylic acids is 1. The van der Waals surface area contributed by atoms with Gasteiger partial charge in [-0.3, -0.25) is 4.79 Å². The van der Waals surface area contributed by atoms with Crippen LogP contribution in [0.15, 0.2) is 53.6 Å². The van der Waals surface area contributed by atoms with Crippen LogP contribution < -0.4 is 10.2 Å². The van der Waals surface area contributed by atoms with Crippen molar-refractivity contribution >= 4 is 12.1 Å². The molecule has 1 amide bonds. The summed E-state index contributed by atoms with van der Waals surface area (Å²) in [5, 5.41) is 3.97. The summed E-state index contributed by atoms with van der Waals surface area (Å²) in [6.07, 6.45) is 1.59. The number of rotatable bonds is 5. The first kappa shape index (κ1) is 14.8. The molecule has 2 rings (SSSR count). The Bertz CT molecular complexity index is 651. The first-order valence-electron chi connectivity index (χ1n) is 6.82. The predicted molar refractivity (Wildman–Crippen MR) is 83.9 cm³/mol. The summed E-state index contributed by atoms with van der Waals surface area (Å²) in [5.41, 5.74) is 5.01. The van der Waals surface area contributed by atoms with Crippen LogP contribution in [0.3, 0.4) is 0 Å². The number of ether oxygens (including phenoxy) is 1. The zero-order chi connectivity index (χ0) is 15.1. The quantitative estimate of drug-likeness (QED) is 0.676. The summed E-state index contributed by atoms with van der Waals surface area (Å²) in [4.78, 5) is 11.9. The highest BCUT2D eigenvalue weighted by molar-refractivity contribution is 5.95. The fraction of sp³-hybridized carbons (Fsp3) is 0.176. The number of amides is 1. The second kappa shape index (κ2) is 7.24. The third-order valence-electron chi connectivity index (χ3n) is 2.83. The van der Waals surface area contributed by atoms with E-state index >= 15 is 0 Å². The Morgan fingerprint density at radius 2 is 2.05 bits per heavy atom. The number of nitrogens with zero attached hydrogens (tertiary/aromatic N) is 1. The van der Waals surface area contributed by atoms with Crippen LogP contribution in [-0.4, -0.2) is 18.7 Å². The molecule has 4 heteroatoms. The van der Waals surface area contributed by atoms with Crippen LogP contribution in [0, 0.1) is 6.92 Å². The zero-order valence-electron chi connectivity index (χ0n) is 12.2. The molecular formula is C17H18N2O2. The summed E-state index contributed by atoms with van der Waals surface area (Å²) in [7, 11) is 0. The molecular weight excluding hydrogens is 264 g/mol. The summed E-state index contributed by atoms with van der Waals surface area (Å²) in [6, 6.07) is 14.9. The predicted octanol–water partition coefficient (Wildman–Crippen LogP) is 3.16. The molecule has 0 heterocycles. The fourth-order valence-corrected chi connectivity index (χ4v) is 1.87. The van der Waals surface area contributed by atoms with E-state index in [-0.39, 0.29) is 5.91 Å². The van der Waals surface area contributed by atoms with E-state index in [0.29, 0.717) is 12.2 Å². The molecule has 1 N–H and O–H groups in total. The molecule has 4 nitrogen and oxygen atoms in total. The van der Waals surface area contributed by atoms with Crippen molar-refractivity contribution in [1.82, 2.24) is 5.43 Å². The average molecular weight is 282 g/mol. The zero-order valence-corrected chi connectivity index (χ0v) is 12.2. The standard InChI is InChI=1S/C17H18N2O2/c1-3-21-16-9-5-7-14(11-16)12-18-19-17(20)15-8-4-6-13(2)10-15/h4-12H,3H2,1-2H3,(H,19,20)/b18-12+. The molecule has 0 unspecified atom stereocenters. The topological polar surface area (TPSA) is 50.7 Å². The van der Waals surface area contributed by atoms with Crippen molar-refractivity contribution in [2.45, 2.75) is 13.8 Å². The lowest BCUT2D eigenvalue weighted by Gasteiger charge is -2.03. The lowest BCUT2D eigenvalue weighted by molar-refractivity contribution is 0.0955. The third-order valence-corrected chi connectivity index (χ3v) is 2.83. The van der Waals surface area contributed by atoms with Gasteiger partial charge >= 0.3 is 0 Å². The van der Waals surface area contributed by atoms with Crippen LogP contribution in [0.25, 0.3) is 0 Å². The Hall–Kier alpha value is -2.62. The van der Waals surface area contributed by atoms with Gasteiger partial charge in [0.15, 0.2) is 0 Å². The number of carbonyl (C=O) groups is 1. The summed E-state index contributed by atoms with van der Waals surface area (Å²) in [5.74, 6) is 0.558. The number of hydrogen-bond acceptors (Lipinski definition) is 3. The molecule has 0 aliphatic rings. The van der Waals surface area contributed by atoms with Crippen LogP contribution >= 0.6 is 0 Å².